The van der Waals surface area contributed by atoms with E-state index in [4.69, 9.17) is 9.84 Å². The Bertz CT molecular complexity index is 947. The number of nitrogens with zero attached hydrogens (tertiary/aromatic N) is 3. The van der Waals surface area contributed by atoms with E-state index in [0.29, 0.717) is 16.7 Å². The number of benzene rings is 1. The van der Waals surface area contributed by atoms with Gasteiger partial charge in [-0.2, -0.15) is 5.10 Å². The molecule has 0 fully saturated rings. The summed E-state index contributed by atoms with van der Waals surface area (Å²) < 4.78 is 32.6. The number of aliphatic hydroxyl groups is 1. The molecule has 0 aliphatic heterocycles. The highest BCUT2D eigenvalue weighted by Crippen LogP contribution is 2.24. The average Bonchev–Trinajstić information content (AvgIpc) is 3.02. The maximum absolute atomic E-state index is 12.8. The van der Waals surface area contributed by atoms with Gasteiger partial charge in [0.1, 0.15) is 18.1 Å². The number of nitrogens with one attached hydrogen (secondary N) is 1. The smallest absolute Gasteiger partial charge is 0.270 e. The van der Waals surface area contributed by atoms with Gasteiger partial charge in [0.25, 0.3) is 5.91 Å². The molecule has 1 aromatic carbocycles. The number of ether oxygens (including phenoxy) is 1. The van der Waals surface area contributed by atoms with Crippen molar-refractivity contribution in [1.29, 1.82) is 0 Å². The summed E-state index contributed by atoms with van der Waals surface area (Å²) in [6.45, 7) is -0.786. The van der Waals surface area contributed by atoms with Crippen molar-refractivity contribution in [3.05, 3.63) is 54.0 Å². The van der Waals surface area contributed by atoms with Crippen molar-refractivity contribution in [2.24, 2.45) is 13.0 Å². The number of fused-ring (bicyclic) bond motifs is 1. The van der Waals surface area contributed by atoms with E-state index in [1.807, 2.05) is 18.2 Å². The molecule has 3 aromatic rings. The van der Waals surface area contributed by atoms with E-state index in [1.54, 1.807) is 31.4 Å². The van der Waals surface area contributed by atoms with Crippen molar-refractivity contribution in [3.8, 4) is 5.75 Å². The molecule has 2 aromatic heterocycles. The molecule has 0 bridgehead atoms. The van der Waals surface area contributed by atoms with Crippen molar-refractivity contribution in [2.75, 3.05) is 13.2 Å². The first-order chi connectivity index (χ1) is 13.5. The van der Waals surface area contributed by atoms with E-state index in [-0.39, 0.29) is 18.8 Å². The van der Waals surface area contributed by atoms with E-state index < -0.39 is 24.9 Å². The molecule has 3 rings (SSSR count). The average molecular weight is 390 g/mol. The largest absolute Gasteiger partial charge is 0.487 e. The van der Waals surface area contributed by atoms with E-state index >= 15 is 0 Å². The first kappa shape index (κ1) is 19.7. The molecule has 1 atom stereocenters. The third-order valence-electron chi connectivity index (χ3n) is 4.25. The Morgan fingerprint density at radius 1 is 1.32 bits per heavy atom. The van der Waals surface area contributed by atoms with Gasteiger partial charge < -0.3 is 15.2 Å². The monoisotopic (exact) mass is 390 g/mol. The molecule has 2 heterocycles. The molecule has 2 N–H and O–H groups in total. The summed E-state index contributed by atoms with van der Waals surface area (Å²) in [4.78, 5) is 16.7. The van der Waals surface area contributed by atoms with Gasteiger partial charge in [-0.3, -0.25) is 14.5 Å². The van der Waals surface area contributed by atoms with Crippen LogP contribution < -0.4 is 10.1 Å². The maximum atomic E-state index is 12.8. The minimum absolute atomic E-state index is 0.226. The Hall–Kier alpha value is -3.07. The summed E-state index contributed by atoms with van der Waals surface area (Å²) in [7, 11) is 1.60. The number of halogens is 2. The number of pyridine rings is 1. The Labute approximate surface area is 160 Å². The fraction of sp³-hybridized carbons (Fsp3) is 0.316. The molecular formula is C19H20F2N4O3. The molecule has 0 saturated carbocycles. The van der Waals surface area contributed by atoms with Gasteiger partial charge in [-0.1, -0.05) is 6.07 Å². The first-order valence-corrected chi connectivity index (χ1v) is 8.66. The predicted octanol–water partition coefficient (Wildman–Crippen LogP) is 2.15. The minimum atomic E-state index is -2.72. The second-order valence-corrected chi connectivity index (χ2v) is 6.25. The molecule has 0 aliphatic carbocycles. The highest BCUT2D eigenvalue weighted by Gasteiger charge is 2.22. The van der Waals surface area contributed by atoms with Crippen LogP contribution in [-0.4, -0.2) is 45.4 Å². The number of amides is 1. The van der Waals surface area contributed by atoms with Gasteiger partial charge in [-0.15, -0.1) is 0 Å². The fourth-order valence-electron chi connectivity index (χ4n) is 2.72. The highest BCUT2D eigenvalue weighted by molar-refractivity contribution is 6.05. The SMILES string of the molecule is Cn1nc2ccc(OCc3ccccn3)cc2c1C(=O)NCC(CO)C(F)F. The molecular weight excluding hydrogens is 370 g/mol. The van der Waals surface area contributed by atoms with Crippen LogP contribution in [0, 0.1) is 5.92 Å². The molecule has 148 valence electrons. The third-order valence-corrected chi connectivity index (χ3v) is 4.25. The summed E-state index contributed by atoms with van der Waals surface area (Å²) in [6, 6.07) is 10.6. The van der Waals surface area contributed by atoms with Crippen molar-refractivity contribution < 1.29 is 23.4 Å². The first-order valence-electron chi connectivity index (χ1n) is 8.66. The topological polar surface area (TPSA) is 89.3 Å². The Morgan fingerprint density at radius 3 is 2.82 bits per heavy atom. The van der Waals surface area contributed by atoms with Gasteiger partial charge in [-0.25, -0.2) is 8.78 Å². The summed E-state index contributed by atoms with van der Waals surface area (Å²) in [5, 5.41) is 16.2. The van der Waals surface area contributed by atoms with Gasteiger partial charge in [0.05, 0.1) is 23.7 Å². The van der Waals surface area contributed by atoms with Gasteiger partial charge in [0, 0.05) is 25.2 Å². The second-order valence-electron chi connectivity index (χ2n) is 6.25. The van der Waals surface area contributed by atoms with Crippen LogP contribution in [0.4, 0.5) is 8.78 Å². The van der Waals surface area contributed by atoms with Crippen molar-refractivity contribution in [1.82, 2.24) is 20.1 Å². The zero-order chi connectivity index (χ0) is 20.1. The van der Waals surface area contributed by atoms with Crippen LogP contribution in [0.1, 0.15) is 16.2 Å². The van der Waals surface area contributed by atoms with Crippen LogP contribution in [0.15, 0.2) is 42.6 Å². The third kappa shape index (κ3) is 4.42. The Kier molecular flexibility index (Phi) is 6.15. The van der Waals surface area contributed by atoms with E-state index in [0.717, 1.165) is 5.69 Å². The lowest BCUT2D eigenvalue weighted by atomic mass is 10.1. The molecule has 0 radical (unpaired) electrons. The number of hydrogen-bond acceptors (Lipinski definition) is 5. The number of rotatable bonds is 8. The fourth-order valence-corrected chi connectivity index (χ4v) is 2.72. The lowest BCUT2D eigenvalue weighted by Crippen LogP contribution is -2.35. The van der Waals surface area contributed by atoms with E-state index in [2.05, 4.69) is 15.4 Å². The van der Waals surface area contributed by atoms with Gasteiger partial charge in [0.15, 0.2) is 0 Å². The molecule has 7 nitrogen and oxygen atoms in total. The second kappa shape index (κ2) is 8.75. The number of aromatic nitrogens is 3. The molecule has 0 saturated heterocycles. The number of hydrogen-bond donors (Lipinski definition) is 2. The van der Waals surface area contributed by atoms with E-state index in [1.165, 1.54) is 4.68 Å². The van der Waals surface area contributed by atoms with Crippen LogP contribution in [0.25, 0.3) is 10.9 Å². The summed E-state index contributed by atoms with van der Waals surface area (Å²) in [5.74, 6) is -1.34. The Morgan fingerprint density at radius 2 is 2.14 bits per heavy atom. The van der Waals surface area contributed by atoms with Gasteiger partial charge in [-0.05, 0) is 30.3 Å². The van der Waals surface area contributed by atoms with Gasteiger partial charge >= 0.3 is 0 Å². The normalized spacial score (nSPS) is 12.3. The minimum Gasteiger partial charge on any atom is -0.487 e. The van der Waals surface area contributed by atoms with Crippen LogP contribution in [0.5, 0.6) is 5.75 Å². The highest BCUT2D eigenvalue weighted by atomic mass is 19.3. The zero-order valence-electron chi connectivity index (χ0n) is 15.2. The molecule has 0 spiro atoms. The van der Waals surface area contributed by atoms with Crippen LogP contribution in [0.3, 0.4) is 0 Å². The maximum Gasteiger partial charge on any atom is 0.270 e. The molecule has 1 amide bonds. The number of alkyl halides is 2. The number of aliphatic hydroxyl groups excluding tert-OH is 1. The predicted molar refractivity (Wildman–Crippen MR) is 98.2 cm³/mol. The van der Waals surface area contributed by atoms with Crippen LogP contribution >= 0.6 is 0 Å². The Balaban J connectivity index is 1.78. The molecule has 28 heavy (non-hydrogen) atoms. The molecule has 1 unspecified atom stereocenters. The molecule has 9 heteroatoms. The number of carbonyl (C=O) groups excluding carboxylic acids is 1. The zero-order valence-corrected chi connectivity index (χ0v) is 15.2. The summed E-state index contributed by atoms with van der Waals surface area (Å²) in [6.07, 6.45) is -1.05. The van der Waals surface area contributed by atoms with Crippen molar-refractivity contribution in [3.63, 3.8) is 0 Å². The lowest BCUT2D eigenvalue weighted by molar-refractivity contribution is 0.0411. The van der Waals surface area contributed by atoms with Crippen LogP contribution in [-0.2, 0) is 13.7 Å². The standard InChI is InChI=1S/C19H20F2N4O3/c1-25-17(19(27)23-9-12(10-26)18(20)21)15-8-14(5-6-16(15)24-25)28-11-13-4-2-3-7-22-13/h2-8,12,18,26H,9-11H2,1H3,(H,23,27). The lowest BCUT2D eigenvalue weighted by Gasteiger charge is -2.14. The van der Waals surface area contributed by atoms with Gasteiger partial charge in [0.2, 0.25) is 6.43 Å². The quantitative estimate of drug-likeness (QED) is 0.615. The number of carbonyl (C=O) groups is 1. The number of aryl methyl sites for hydroxylation is 1. The van der Waals surface area contributed by atoms with Crippen molar-refractivity contribution >= 4 is 16.8 Å². The van der Waals surface area contributed by atoms with Crippen molar-refractivity contribution in [2.45, 2.75) is 13.0 Å². The summed E-state index contributed by atoms with van der Waals surface area (Å²) in [5.41, 5.74) is 1.56. The molecule has 0 aliphatic rings. The summed E-state index contributed by atoms with van der Waals surface area (Å²) >= 11 is 0. The van der Waals surface area contributed by atoms with Crippen LogP contribution in [0.2, 0.25) is 0 Å². The van der Waals surface area contributed by atoms with E-state index in [9.17, 15) is 13.6 Å².